The van der Waals surface area contributed by atoms with E-state index in [1.165, 1.54) is 4.90 Å². The molecule has 2 heterocycles. The Morgan fingerprint density at radius 1 is 0.523 bits per heavy atom. The van der Waals surface area contributed by atoms with Crippen LogP contribution in [-0.4, -0.2) is 16.4 Å². The van der Waals surface area contributed by atoms with Gasteiger partial charge in [0, 0.05) is 10.8 Å². The molecule has 2 amide bonds. The lowest BCUT2D eigenvalue weighted by Crippen LogP contribution is -2.29. The Kier molecular flexibility index (Phi) is 5.75. The molecule has 0 fully saturated rings. The minimum atomic E-state index is -0.347. The summed E-state index contributed by atoms with van der Waals surface area (Å²) in [5, 5.41) is 2.08. The van der Waals surface area contributed by atoms with Gasteiger partial charge in [0.05, 0.1) is 40.1 Å². The fraction of sp³-hybridized carbons (Fsp3) is 0. The van der Waals surface area contributed by atoms with Crippen molar-refractivity contribution in [2.24, 2.45) is 0 Å². The summed E-state index contributed by atoms with van der Waals surface area (Å²) in [6.45, 7) is 7.45. The summed E-state index contributed by atoms with van der Waals surface area (Å²) in [5.41, 5.74) is 8.35. The average molecular weight is 566 g/mol. The third-order valence-corrected chi connectivity index (χ3v) is 8.35. The van der Waals surface area contributed by atoms with Crippen LogP contribution in [0, 0.1) is 6.57 Å². The number of hydrogen-bond acceptors (Lipinski definition) is 2. The fourth-order valence-corrected chi connectivity index (χ4v) is 6.29. The minimum absolute atomic E-state index is 0.336. The number of benzene rings is 6. The molecular weight excluding hydrogens is 542 g/mol. The van der Waals surface area contributed by atoms with Gasteiger partial charge in [-0.05, 0) is 64.7 Å². The van der Waals surface area contributed by atoms with Crippen LogP contribution >= 0.6 is 0 Å². The Labute approximate surface area is 253 Å². The second-order valence-electron chi connectivity index (χ2n) is 10.8. The maximum Gasteiger partial charge on any atom is 0.268 e. The third-order valence-electron chi connectivity index (χ3n) is 8.35. The molecule has 44 heavy (non-hydrogen) atoms. The summed E-state index contributed by atoms with van der Waals surface area (Å²) in [5.74, 6) is -0.684. The zero-order valence-corrected chi connectivity index (χ0v) is 23.4. The van der Waals surface area contributed by atoms with Crippen molar-refractivity contribution in [2.75, 3.05) is 4.90 Å². The average Bonchev–Trinajstić information content (AvgIpc) is 3.55. The van der Waals surface area contributed by atoms with E-state index < -0.39 is 0 Å². The molecule has 1 aliphatic heterocycles. The number of aromatic nitrogens is 1. The lowest BCUT2D eigenvalue weighted by Gasteiger charge is -2.15. The first-order valence-corrected chi connectivity index (χ1v) is 14.3. The van der Waals surface area contributed by atoms with E-state index in [9.17, 15) is 9.59 Å². The van der Waals surface area contributed by atoms with E-state index >= 15 is 0 Å². The number of carbonyl (C=O) groups is 2. The van der Waals surface area contributed by atoms with Crippen molar-refractivity contribution in [1.29, 1.82) is 0 Å². The molecule has 206 valence electrons. The van der Waals surface area contributed by atoms with Crippen molar-refractivity contribution in [1.82, 2.24) is 4.57 Å². The van der Waals surface area contributed by atoms with Gasteiger partial charge in [0.2, 0.25) is 0 Å². The number of fused-ring (bicyclic) bond motifs is 4. The molecular formula is C39H23N3O2. The van der Waals surface area contributed by atoms with Crippen molar-refractivity contribution in [3.05, 3.63) is 162 Å². The zero-order valence-electron chi connectivity index (χ0n) is 23.4. The summed E-state index contributed by atoms with van der Waals surface area (Å²) < 4.78 is 2.08. The molecule has 0 radical (unpaired) electrons. The molecule has 0 spiro atoms. The predicted molar refractivity (Wildman–Crippen MR) is 175 cm³/mol. The fourth-order valence-electron chi connectivity index (χ4n) is 6.29. The summed E-state index contributed by atoms with van der Waals surface area (Å²) in [4.78, 5) is 32.8. The number of nitrogens with zero attached hydrogens (tertiary/aromatic N) is 3. The monoisotopic (exact) mass is 565 g/mol. The molecule has 1 aliphatic rings. The van der Waals surface area contributed by atoms with Gasteiger partial charge in [0.1, 0.15) is 0 Å². The van der Waals surface area contributed by atoms with Gasteiger partial charge in [-0.3, -0.25) is 9.59 Å². The summed E-state index contributed by atoms with van der Waals surface area (Å²) in [6.07, 6.45) is 0. The van der Waals surface area contributed by atoms with Gasteiger partial charge in [-0.25, -0.2) is 9.74 Å². The maximum absolute atomic E-state index is 14.2. The lowest BCUT2D eigenvalue weighted by atomic mass is 10.0. The van der Waals surface area contributed by atoms with Gasteiger partial charge >= 0.3 is 0 Å². The molecule has 0 atom stereocenters. The number of imide groups is 1. The second-order valence-corrected chi connectivity index (χ2v) is 10.8. The van der Waals surface area contributed by atoms with E-state index in [0.717, 1.165) is 44.1 Å². The standard InChI is InChI=1S/C39H23N3O2/c1-40-29-12-7-11-27(23-29)28-19-22-32-31-13-5-6-15-34(31)42(36(32)24-28)35-16-8-14-33-37(35)39(44)41(38(33)43)30-20-17-26(18-21-30)25-9-3-2-4-10-25/h2-24H. The topological polar surface area (TPSA) is 46.7 Å². The van der Waals surface area contributed by atoms with E-state index in [2.05, 4.69) is 33.7 Å². The molecule has 0 aliphatic carbocycles. The van der Waals surface area contributed by atoms with Crippen LogP contribution in [-0.2, 0) is 0 Å². The van der Waals surface area contributed by atoms with Crippen molar-refractivity contribution in [3.63, 3.8) is 0 Å². The smallest absolute Gasteiger partial charge is 0.268 e. The molecule has 0 bridgehead atoms. The zero-order chi connectivity index (χ0) is 29.8. The Hall–Kier alpha value is -6.25. The van der Waals surface area contributed by atoms with Crippen LogP contribution in [0.15, 0.2) is 140 Å². The molecule has 6 aromatic carbocycles. The number of amides is 2. The van der Waals surface area contributed by atoms with Crippen molar-refractivity contribution < 1.29 is 9.59 Å². The number of rotatable bonds is 4. The highest BCUT2D eigenvalue weighted by molar-refractivity contribution is 6.35. The SMILES string of the molecule is [C-]#[N+]c1cccc(-c2ccc3c4ccccc4n(-c4cccc5c4C(=O)N(c4ccc(-c6ccccc6)cc4)C5=O)c3c2)c1. The third kappa shape index (κ3) is 3.86. The van der Waals surface area contributed by atoms with Crippen LogP contribution < -0.4 is 4.90 Å². The molecule has 1 aromatic heterocycles. The van der Waals surface area contributed by atoms with E-state index in [0.29, 0.717) is 28.2 Å². The molecule has 8 rings (SSSR count). The van der Waals surface area contributed by atoms with Crippen LogP contribution in [0.4, 0.5) is 11.4 Å². The highest BCUT2D eigenvalue weighted by Crippen LogP contribution is 2.39. The summed E-state index contributed by atoms with van der Waals surface area (Å²) in [6, 6.07) is 44.9. The van der Waals surface area contributed by atoms with E-state index in [1.807, 2.05) is 103 Å². The first kappa shape index (κ1) is 25.5. The Morgan fingerprint density at radius 2 is 1.18 bits per heavy atom. The quantitative estimate of drug-likeness (QED) is 0.158. The van der Waals surface area contributed by atoms with E-state index in [4.69, 9.17) is 6.57 Å². The second kappa shape index (κ2) is 9.94. The van der Waals surface area contributed by atoms with E-state index in [-0.39, 0.29) is 11.8 Å². The largest absolute Gasteiger partial charge is 0.308 e. The molecule has 0 N–H and O–H groups in total. The molecule has 5 nitrogen and oxygen atoms in total. The van der Waals surface area contributed by atoms with Crippen LogP contribution in [0.3, 0.4) is 0 Å². The number of carbonyl (C=O) groups excluding carboxylic acids is 2. The Morgan fingerprint density at radius 3 is 2.00 bits per heavy atom. The number of para-hydroxylation sites is 1. The summed E-state index contributed by atoms with van der Waals surface area (Å²) >= 11 is 0. The number of anilines is 1. The predicted octanol–water partition coefficient (Wildman–Crippen LogP) is 9.47. The maximum atomic E-state index is 14.2. The van der Waals surface area contributed by atoms with E-state index in [1.54, 1.807) is 12.1 Å². The van der Waals surface area contributed by atoms with Crippen molar-refractivity contribution in [3.8, 4) is 27.9 Å². The highest BCUT2D eigenvalue weighted by Gasteiger charge is 2.39. The van der Waals surface area contributed by atoms with Crippen LogP contribution in [0.5, 0.6) is 0 Å². The number of hydrogen-bond donors (Lipinski definition) is 0. The van der Waals surface area contributed by atoms with Gasteiger partial charge < -0.3 is 4.57 Å². The highest BCUT2D eigenvalue weighted by atomic mass is 16.2. The van der Waals surface area contributed by atoms with Gasteiger partial charge in [-0.1, -0.05) is 97.1 Å². The molecule has 0 unspecified atom stereocenters. The van der Waals surface area contributed by atoms with Crippen molar-refractivity contribution >= 4 is 45.0 Å². The van der Waals surface area contributed by atoms with Gasteiger partial charge in [-0.2, -0.15) is 0 Å². The van der Waals surface area contributed by atoms with Gasteiger partial charge in [0.25, 0.3) is 11.8 Å². The normalized spacial score (nSPS) is 12.6. The molecule has 5 heteroatoms. The van der Waals surface area contributed by atoms with Crippen LogP contribution in [0.2, 0.25) is 0 Å². The van der Waals surface area contributed by atoms with Gasteiger partial charge in [0.15, 0.2) is 5.69 Å². The summed E-state index contributed by atoms with van der Waals surface area (Å²) in [7, 11) is 0. The Bertz CT molecular complexity index is 2330. The van der Waals surface area contributed by atoms with Crippen molar-refractivity contribution in [2.45, 2.75) is 0 Å². The first-order chi connectivity index (χ1) is 21.6. The van der Waals surface area contributed by atoms with Crippen LogP contribution in [0.25, 0.3) is 54.6 Å². The Balaban J connectivity index is 1.29. The van der Waals surface area contributed by atoms with Gasteiger partial charge in [-0.15, -0.1) is 0 Å². The molecule has 0 saturated heterocycles. The lowest BCUT2D eigenvalue weighted by molar-refractivity contribution is 0.0926. The molecule has 0 saturated carbocycles. The first-order valence-electron chi connectivity index (χ1n) is 14.3. The minimum Gasteiger partial charge on any atom is -0.308 e. The molecule has 7 aromatic rings. The van der Waals surface area contributed by atoms with Crippen LogP contribution in [0.1, 0.15) is 20.7 Å².